The van der Waals surface area contributed by atoms with E-state index in [1.54, 1.807) is 24.3 Å². The van der Waals surface area contributed by atoms with Crippen LogP contribution in [0, 0.1) is 12.7 Å². The minimum atomic E-state index is -0.358. The first-order valence-electron chi connectivity index (χ1n) is 6.10. The van der Waals surface area contributed by atoms with Crippen molar-refractivity contribution in [3.8, 4) is 5.75 Å². The maximum atomic E-state index is 13.4. The number of nitrogens with one attached hydrogen (secondary N) is 1. The first kappa shape index (κ1) is 12.3. The SMILES string of the molecule is Cc1ccc(O)c(Nc2ncnc3ccc(F)cc23)c1. The standard InChI is InChI=1S/C15H12FN3O/c1-9-2-5-14(20)13(6-9)19-15-11-7-10(16)3-4-12(11)17-8-18-15/h2-8,20H,1H3,(H,17,18,19). The van der Waals surface area contributed by atoms with Crippen LogP contribution in [-0.2, 0) is 0 Å². The second kappa shape index (κ2) is 4.77. The summed E-state index contributed by atoms with van der Waals surface area (Å²) in [6, 6.07) is 9.50. The molecule has 0 radical (unpaired) electrons. The number of hydrogen-bond donors (Lipinski definition) is 2. The van der Waals surface area contributed by atoms with Crippen molar-refractivity contribution < 1.29 is 9.50 Å². The molecule has 0 amide bonds. The number of rotatable bonds is 2. The number of aromatic nitrogens is 2. The van der Waals surface area contributed by atoms with Gasteiger partial charge in [0.2, 0.25) is 0 Å². The van der Waals surface area contributed by atoms with Crippen molar-refractivity contribution >= 4 is 22.4 Å². The molecule has 0 fully saturated rings. The van der Waals surface area contributed by atoms with Crippen LogP contribution in [0.5, 0.6) is 5.75 Å². The highest BCUT2D eigenvalue weighted by molar-refractivity contribution is 5.91. The highest BCUT2D eigenvalue weighted by atomic mass is 19.1. The molecule has 3 aromatic rings. The van der Waals surface area contributed by atoms with Crippen LogP contribution in [-0.4, -0.2) is 15.1 Å². The number of aryl methyl sites for hydroxylation is 1. The van der Waals surface area contributed by atoms with Gasteiger partial charge in [0.25, 0.3) is 0 Å². The molecule has 20 heavy (non-hydrogen) atoms. The topological polar surface area (TPSA) is 58.0 Å². The summed E-state index contributed by atoms with van der Waals surface area (Å²) in [7, 11) is 0. The maximum Gasteiger partial charge on any atom is 0.141 e. The zero-order valence-electron chi connectivity index (χ0n) is 10.8. The average molecular weight is 269 g/mol. The third-order valence-corrected chi connectivity index (χ3v) is 3.00. The molecule has 0 saturated heterocycles. The van der Waals surface area contributed by atoms with E-state index in [2.05, 4.69) is 15.3 Å². The molecule has 100 valence electrons. The van der Waals surface area contributed by atoms with Gasteiger partial charge in [0.15, 0.2) is 0 Å². The third-order valence-electron chi connectivity index (χ3n) is 3.00. The fraction of sp³-hybridized carbons (Fsp3) is 0.0667. The van der Waals surface area contributed by atoms with Gasteiger partial charge >= 0.3 is 0 Å². The molecule has 0 bridgehead atoms. The van der Waals surface area contributed by atoms with E-state index < -0.39 is 0 Å². The lowest BCUT2D eigenvalue weighted by Gasteiger charge is -2.10. The van der Waals surface area contributed by atoms with Crippen molar-refractivity contribution in [2.75, 3.05) is 5.32 Å². The zero-order chi connectivity index (χ0) is 14.1. The van der Waals surface area contributed by atoms with Crippen molar-refractivity contribution in [2.45, 2.75) is 6.92 Å². The number of phenols is 1. The molecule has 0 spiro atoms. The molecule has 0 saturated carbocycles. The van der Waals surface area contributed by atoms with E-state index in [9.17, 15) is 9.50 Å². The number of halogens is 1. The Hall–Kier alpha value is -2.69. The zero-order valence-corrected chi connectivity index (χ0v) is 10.8. The van der Waals surface area contributed by atoms with Crippen LogP contribution in [0.3, 0.4) is 0 Å². The number of nitrogens with zero attached hydrogens (tertiary/aromatic N) is 2. The number of phenolic OH excluding ortho intramolecular Hbond substituents is 1. The van der Waals surface area contributed by atoms with Crippen LogP contribution in [0.25, 0.3) is 10.9 Å². The van der Waals surface area contributed by atoms with Gasteiger partial charge in [-0.3, -0.25) is 0 Å². The second-order valence-electron chi connectivity index (χ2n) is 4.53. The maximum absolute atomic E-state index is 13.4. The lowest BCUT2D eigenvalue weighted by molar-refractivity contribution is 0.477. The average Bonchev–Trinajstić information content (AvgIpc) is 2.43. The van der Waals surface area contributed by atoms with Crippen molar-refractivity contribution in [1.82, 2.24) is 9.97 Å². The molecule has 2 aromatic carbocycles. The van der Waals surface area contributed by atoms with Crippen molar-refractivity contribution in [3.63, 3.8) is 0 Å². The van der Waals surface area contributed by atoms with Crippen LogP contribution in [0.15, 0.2) is 42.7 Å². The van der Waals surface area contributed by atoms with E-state index in [1.807, 2.05) is 6.92 Å². The summed E-state index contributed by atoms with van der Waals surface area (Å²) >= 11 is 0. The largest absolute Gasteiger partial charge is 0.506 e. The fourth-order valence-electron chi connectivity index (χ4n) is 2.01. The Morgan fingerprint density at radius 3 is 2.80 bits per heavy atom. The monoisotopic (exact) mass is 269 g/mol. The van der Waals surface area contributed by atoms with Gasteiger partial charge in [0.1, 0.15) is 23.7 Å². The summed E-state index contributed by atoms with van der Waals surface area (Å²) in [6.45, 7) is 1.92. The van der Waals surface area contributed by atoms with Crippen LogP contribution in [0.2, 0.25) is 0 Å². The fourth-order valence-corrected chi connectivity index (χ4v) is 2.01. The third kappa shape index (κ3) is 2.25. The van der Waals surface area contributed by atoms with Gasteiger partial charge in [0.05, 0.1) is 11.2 Å². The van der Waals surface area contributed by atoms with Crippen LogP contribution >= 0.6 is 0 Å². The summed E-state index contributed by atoms with van der Waals surface area (Å²) in [6.07, 6.45) is 1.40. The second-order valence-corrected chi connectivity index (χ2v) is 4.53. The number of hydrogen-bond acceptors (Lipinski definition) is 4. The van der Waals surface area contributed by atoms with E-state index >= 15 is 0 Å². The van der Waals surface area contributed by atoms with Crippen molar-refractivity contribution in [1.29, 1.82) is 0 Å². The van der Waals surface area contributed by atoms with Gasteiger partial charge in [-0.25, -0.2) is 14.4 Å². The Labute approximate surface area is 114 Å². The van der Waals surface area contributed by atoms with Gasteiger partial charge < -0.3 is 10.4 Å². The lowest BCUT2D eigenvalue weighted by Crippen LogP contribution is -1.97. The number of aromatic hydroxyl groups is 1. The Kier molecular flexibility index (Phi) is 2.95. The van der Waals surface area contributed by atoms with Crippen molar-refractivity contribution in [3.05, 3.63) is 54.1 Å². The summed E-state index contributed by atoms with van der Waals surface area (Å²) in [4.78, 5) is 8.20. The molecule has 0 aliphatic heterocycles. The highest BCUT2D eigenvalue weighted by Gasteiger charge is 2.08. The van der Waals surface area contributed by atoms with E-state index in [0.29, 0.717) is 22.4 Å². The molecule has 3 rings (SSSR count). The molecule has 1 heterocycles. The van der Waals surface area contributed by atoms with E-state index in [-0.39, 0.29) is 11.6 Å². The molecule has 0 atom stereocenters. The quantitative estimate of drug-likeness (QED) is 0.699. The molecule has 0 unspecified atom stereocenters. The highest BCUT2D eigenvalue weighted by Crippen LogP contribution is 2.29. The number of anilines is 2. The number of fused-ring (bicyclic) bond motifs is 1. The molecule has 4 nitrogen and oxygen atoms in total. The molecular weight excluding hydrogens is 257 g/mol. The van der Waals surface area contributed by atoms with Gasteiger partial charge in [-0.15, -0.1) is 0 Å². The minimum absolute atomic E-state index is 0.110. The lowest BCUT2D eigenvalue weighted by atomic mass is 10.2. The van der Waals surface area contributed by atoms with Crippen LogP contribution < -0.4 is 5.32 Å². The minimum Gasteiger partial charge on any atom is -0.506 e. The summed E-state index contributed by atoms with van der Waals surface area (Å²) in [5.41, 5.74) is 2.15. The Balaban J connectivity index is 2.10. The molecule has 0 aliphatic carbocycles. The van der Waals surface area contributed by atoms with Crippen LogP contribution in [0.4, 0.5) is 15.9 Å². The molecule has 0 aliphatic rings. The Morgan fingerprint density at radius 2 is 1.95 bits per heavy atom. The summed E-state index contributed by atoms with van der Waals surface area (Å²) < 4.78 is 13.4. The van der Waals surface area contributed by atoms with Gasteiger partial charge in [-0.2, -0.15) is 0 Å². The summed E-state index contributed by atoms with van der Waals surface area (Å²) in [5.74, 6) is 0.206. The number of benzene rings is 2. The van der Waals surface area contributed by atoms with E-state index in [1.165, 1.54) is 18.5 Å². The van der Waals surface area contributed by atoms with Gasteiger partial charge in [-0.05, 0) is 42.8 Å². The molecule has 2 N–H and O–H groups in total. The molecular formula is C15H12FN3O. The predicted molar refractivity (Wildman–Crippen MR) is 75.6 cm³/mol. The smallest absolute Gasteiger partial charge is 0.141 e. The van der Waals surface area contributed by atoms with E-state index in [4.69, 9.17) is 0 Å². The van der Waals surface area contributed by atoms with Crippen molar-refractivity contribution in [2.24, 2.45) is 0 Å². The first-order valence-corrected chi connectivity index (χ1v) is 6.10. The van der Waals surface area contributed by atoms with E-state index in [0.717, 1.165) is 5.56 Å². The van der Waals surface area contributed by atoms with Gasteiger partial charge in [-0.1, -0.05) is 6.07 Å². The Bertz CT molecular complexity index is 789. The molecule has 5 heteroatoms. The molecule has 1 aromatic heterocycles. The Morgan fingerprint density at radius 1 is 1.10 bits per heavy atom. The predicted octanol–water partition coefficient (Wildman–Crippen LogP) is 3.53. The normalized spacial score (nSPS) is 10.7. The first-order chi connectivity index (χ1) is 9.63. The summed E-state index contributed by atoms with van der Waals surface area (Å²) in [5, 5.41) is 13.4. The van der Waals surface area contributed by atoms with Crippen LogP contribution in [0.1, 0.15) is 5.56 Å². The van der Waals surface area contributed by atoms with Gasteiger partial charge in [0, 0.05) is 5.39 Å².